The fourth-order valence-corrected chi connectivity index (χ4v) is 1.42. The standard InChI is InChI=1S/C11H13ClO2/c1-8-3-4-9(14-2)7-10(8)11(13)5-6-12/h3-4,7H,5-6H2,1-2H3. The first-order valence-corrected chi connectivity index (χ1v) is 4.96. The first kappa shape index (κ1) is 11.1. The van der Waals surface area contributed by atoms with Crippen molar-refractivity contribution in [3.05, 3.63) is 29.3 Å². The molecule has 1 rings (SSSR count). The van der Waals surface area contributed by atoms with E-state index in [1.165, 1.54) is 0 Å². The van der Waals surface area contributed by atoms with Gasteiger partial charge in [-0.05, 0) is 24.6 Å². The predicted octanol–water partition coefficient (Wildman–Crippen LogP) is 2.82. The summed E-state index contributed by atoms with van der Waals surface area (Å²) in [5.74, 6) is 1.13. The number of alkyl halides is 1. The zero-order valence-corrected chi connectivity index (χ0v) is 9.10. The first-order chi connectivity index (χ1) is 6.69. The molecule has 0 bridgehead atoms. The molecule has 0 fully saturated rings. The summed E-state index contributed by atoms with van der Waals surface area (Å²) in [6.45, 7) is 1.90. The Hall–Kier alpha value is -1.02. The number of carbonyl (C=O) groups is 1. The molecule has 3 heteroatoms. The maximum Gasteiger partial charge on any atom is 0.164 e. The van der Waals surface area contributed by atoms with Gasteiger partial charge in [-0.2, -0.15) is 0 Å². The van der Waals surface area contributed by atoms with Gasteiger partial charge in [0.05, 0.1) is 7.11 Å². The Kier molecular flexibility index (Phi) is 3.96. The largest absolute Gasteiger partial charge is 0.497 e. The van der Waals surface area contributed by atoms with Crippen molar-refractivity contribution >= 4 is 17.4 Å². The van der Waals surface area contributed by atoms with Crippen molar-refractivity contribution < 1.29 is 9.53 Å². The number of hydrogen-bond acceptors (Lipinski definition) is 2. The maximum atomic E-state index is 11.6. The number of ether oxygens (including phenoxy) is 1. The van der Waals surface area contributed by atoms with Crippen LogP contribution in [-0.2, 0) is 0 Å². The SMILES string of the molecule is COc1ccc(C)c(C(=O)CCCl)c1. The molecule has 0 aliphatic carbocycles. The van der Waals surface area contributed by atoms with E-state index in [2.05, 4.69) is 0 Å². The number of rotatable bonds is 4. The Morgan fingerprint density at radius 2 is 2.21 bits per heavy atom. The average Bonchev–Trinajstić information content (AvgIpc) is 2.19. The monoisotopic (exact) mass is 212 g/mol. The van der Waals surface area contributed by atoms with E-state index in [1.807, 2.05) is 19.1 Å². The van der Waals surface area contributed by atoms with E-state index in [4.69, 9.17) is 16.3 Å². The van der Waals surface area contributed by atoms with Gasteiger partial charge in [-0.1, -0.05) is 6.07 Å². The molecule has 0 unspecified atom stereocenters. The summed E-state index contributed by atoms with van der Waals surface area (Å²) >= 11 is 5.52. The topological polar surface area (TPSA) is 26.3 Å². The number of halogens is 1. The normalized spacial score (nSPS) is 9.93. The zero-order chi connectivity index (χ0) is 10.6. The molecule has 0 spiro atoms. The van der Waals surface area contributed by atoms with Crippen LogP contribution in [0.5, 0.6) is 5.75 Å². The van der Waals surface area contributed by atoms with Gasteiger partial charge in [-0.3, -0.25) is 4.79 Å². The van der Waals surface area contributed by atoms with Crippen molar-refractivity contribution in [2.24, 2.45) is 0 Å². The molecule has 14 heavy (non-hydrogen) atoms. The molecular formula is C11H13ClO2. The van der Waals surface area contributed by atoms with Crippen molar-refractivity contribution in [3.63, 3.8) is 0 Å². The van der Waals surface area contributed by atoms with E-state index >= 15 is 0 Å². The molecule has 76 valence electrons. The van der Waals surface area contributed by atoms with Gasteiger partial charge in [0.15, 0.2) is 5.78 Å². The van der Waals surface area contributed by atoms with Gasteiger partial charge in [0, 0.05) is 17.9 Å². The third-order valence-electron chi connectivity index (χ3n) is 2.07. The summed E-state index contributed by atoms with van der Waals surface area (Å²) < 4.78 is 5.05. The van der Waals surface area contributed by atoms with Gasteiger partial charge < -0.3 is 4.74 Å². The molecule has 0 aromatic heterocycles. The minimum absolute atomic E-state index is 0.0661. The summed E-state index contributed by atoms with van der Waals surface area (Å²) in [6, 6.07) is 5.47. The van der Waals surface area contributed by atoms with Gasteiger partial charge in [0.25, 0.3) is 0 Å². The molecule has 1 aromatic carbocycles. The molecule has 1 aromatic rings. The number of carbonyl (C=O) groups excluding carboxylic acids is 1. The molecule has 0 aliphatic rings. The Balaban J connectivity index is 2.99. The highest BCUT2D eigenvalue weighted by atomic mass is 35.5. The molecule has 0 radical (unpaired) electrons. The molecule has 0 aliphatic heterocycles. The molecule has 0 atom stereocenters. The van der Waals surface area contributed by atoms with E-state index in [0.717, 1.165) is 5.56 Å². The number of hydrogen-bond donors (Lipinski definition) is 0. The molecule has 0 heterocycles. The summed E-state index contributed by atoms with van der Waals surface area (Å²) in [5, 5.41) is 0. The van der Waals surface area contributed by atoms with Crippen LogP contribution in [0, 0.1) is 6.92 Å². The molecule has 2 nitrogen and oxygen atoms in total. The zero-order valence-electron chi connectivity index (χ0n) is 8.34. The van der Waals surface area contributed by atoms with Crippen LogP contribution in [0.15, 0.2) is 18.2 Å². The third-order valence-corrected chi connectivity index (χ3v) is 2.26. The van der Waals surface area contributed by atoms with Gasteiger partial charge in [-0.25, -0.2) is 0 Å². The van der Waals surface area contributed by atoms with Crippen LogP contribution in [-0.4, -0.2) is 18.8 Å². The highest BCUT2D eigenvalue weighted by molar-refractivity contribution is 6.19. The lowest BCUT2D eigenvalue weighted by Gasteiger charge is -2.06. The summed E-state index contributed by atoms with van der Waals surface area (Å²) in [5.41, 5.74) is 1.66. The van der Waals surface area contributed by atoms with Crippen molar-refractivity contribution in [3.8, 4) is 5.75 Å². The van der Waals surface area contributed by atoms with Crippen LogP contribution in [0.25, 0.3) is 0 Å². The van der Waals surface area contributed by atoms with Crippen LogP contribution < -0.4 is 4.74 Å². The minimum atomic E-state index is 0.0661. The highest BCUT2D eigenvalue weighted by Crippen LogP contribution is 2.18. The van der Waals surface area contributed by atoms with E-state index in [-0.39, 0.29) is 5.78 Å². The highest BCUT2D eigenvalue weighted by Gasteiger charge is 2.09. The fourth-order valence-electron chi connectivity index (χ4n) is 1.25. The predicted molar refractivity (Wildman–Crippen MR) is 57.4 cm³/mol. The fraction of sp³-hybridized carbons (Fsp3) is 0.364. The summed E-state index contributed by atoms with van der Waals surface area (Å²) in [4.78, 5) is 11.6. The third kappa shape index (κ3) is 2.48. The van der Waals surface area contributed by atoms with E-state index in [9.17, 15) is 4.79 Å². The number of Topliss-reactive ketones (excluding diaryl/α,β-unsaturated/α-hetero) is 1. The molecular weight excluding hydrogens is 200 g/mol. The van der Waals surface area contributed by atoms with Gasteiger partial charge in [0.1, 0.15) is 5.75 Å². The first-order valence-electron chi connectivity index (χ1n) is 4.43. The second kappa shape index (κ2) is 5.01. The second-order valence-corrected chi connectivity index (χ2v) is 3.42. The second-order valence-electron chi connectivity index (χ2n) is 3.04. The van der Waals surface area contributed by atoms with Crippen molar-refractivity contribution in [1.82, 2.24) is 0 Å². The van der Waals surface area contributed by atoms with Gasteiger partial charge >= 0.3 is 0 Å². The van der Waals surface area contributed by atoms with Crippen LogP contribution in [0.3, 0.4) is 0 Å². The number of benzene rings is 1. The lowest BCUT2D eigenvalue weighted by Crippen LogP contribution is -2.02. The molecule has 0 N–H and O–H groups in total. The van der Waals surface area contributed by atoms with Crippen LogP contribution >= 0.6 is 11.6 Å². The smallest absolute Gasteiger partial charge is 0.164 e. The van der Waals surface area contributed by atoms with Crippen LogP contribution in [0.2, 0.25) is 0 Å². The average molecular weight is 213 g/mol. The summed E-state index contributed by atoms with van der Waals surface area (Å²) in [7, 11) is 1.58. The van der Waals surface area contributed by atoms with Crippen LogP contribution in [0.4, 0.5) is 0 Å². The minimum Gasteiger partial charge on any atom is -0.497 e. The molecule has 0 amide bonds. The van der Waals surface area contributed by atoms with E-state index in [1.54, 1.807) is 13.2 Å². The molecule has 0 saturated carbocycles. The quantitative estimate of drug-likeness (QED) is 0.567. The van der Waals surface area contributed by atoms with E-state index in [0.29, 0.717) is 23.6 Å². The van der Waals surface area contributed by atoms with Crippen molar-refractivity contribution in [1.29, 1.82) is 0 Å². The summed E-state index contributed by atoms with van der Waals surface area (Å²) in [6.07, 6.45) is 0.371. The Labute approximate surface area is 88.8 Å². The Morgan fingerprint density at radius 1 is 1.50 bits per heavy atom. The van der Waals surface area contributed by atoms with Crippen molar-refractivity contribution in [2.45, 2.75) is 13.3 Å². The molecule has 0 saturated heterocycles. The Morgan fingerprint density at radius 3 is 2.79 bits per heavy atom. The maximum absolute atomic E-state index is 11.6. The lowest BCUT2D eigenvalue weighted by molar-refractivity contribution is 0.0988. The number of methoxy groups -OCH3 is 1. The van der Waals surface area contributed by atoms with Crippen LogP contribution in [0.1, 0.15) is 22.3 Å². The van der Waals surface area contributed by atoms with Crippen molar-refractivity contribution in [2.75, 3.05) is 13.0 Å². The van der Waals surface area contributed by atoms with Gasteiger partial charge in [0.2, 0.25) is 0 Å². The number of ketones is 1. The lowest BCUT2D eigenvalue weighted by atomic mass is 10.0. The van der Waals surface area contributed by atoms with E-state index < -0.39 is 0 Å². The number of aryl methyl sites for hydroxylation is 1. The Bertz CT molecular complexity index is 334. The van der Waals surface area contributed by atoms with Gasteiger partial charge in [-0.15, -0.1) is 11.6 Å².